The molecule has 1 aliphatic rings. The van der Waals surface area contributed by atoms with Crippen molar-refractivity contribution in [3.63, 3.8) is 0 Å². The lowest BCUT2D eigenvalue weighted by molar-refractivity contribution is 0.282. The van der Waals surface area contributed by atoms with E-state index in [1.54, 1.807) is 4.68 Å². The van der Waals surface area contributed by atoms with Crippen LogP contribution >= 0.6 is 11.6 Å². The van der Waals surface area contributed by atoms with E-state index in [2.05, 4.69) is 40.5 Å². The van der Waals surface area contributed by atoms with Crippen molar-refractivity contribution in [2.24, 2.45) is 14.1 Å². The quantitative estimate of drug-likeness (QED) is 0.438. The molecule has 2 aromatic heterocycles. The maximum absolute atomic E-state index is 9.92. The largest absolute Gasteiger partial charge is 0.392 e. The number of piperazine rings is 1. The summed E-state index contributed by atoms with van der Waals surface area (Å²) in [5, 5.41) is 28.5. The lowest BCUT2D eigenvalue weighted by atomic mass is 10.1. The SMILES string of the molecule is C[C@H]1CN(c2cc(Cl)c3c(Nc4cc5cn(C)nc5cc4CO)nn(C)c3c2)C[C@H](C)N1. The maximum Gasteiger partial charge on any atom is 0.161 e. The molecule has 0 unspecified atom stereocenters. The van der Waals surface area contributed by atoms with Gasteiger partial charge in [0.05, 0.1) is 28.0 Å². The Kier molecular flexibility index (Phi) is 5.23. The Morgan fingerprint density at radius 3 is 2.59 bits per heavy atom. The van der Waals surface area contributed by atoms with E-state index in [9.17, 15) is 5.11 Å². The molecule has 9 heteroatoms. The Balaban J connectivity index is 1.55. The lowest BCUT2D eigenvalue weighted by Gasteiger charge is -2.37. The van der Waals surface area contributed by atoms with Gasteiger partial charge in [-0.05, 0) is 38.1 Å². The van der Waals surface area contributed by atoms with E-state index in [1.165, 1.54) is 0 Å². The highest BCUT2D eigenvalue weighted by atomic mass is 35.5. The van der Waals surface area contributed by atoms with Crippen molar-refractivity contribution in [1.29, 1.82) is 0 Å². The summed E-state index contributed by atoms with van der Waals surface area (Å²) in [7, 11) is 3.81. The van der Waals surface area contributed by atoms with Gasteiger partial charge in [-0.15, -0.1) is 0 Å². The molecular formula is C23H28ClN7O. The Morgan fingerprint density at radius 1 is 1.12 bits per heavy atom. The molecular weight excluding hydrogens is 426 g/mol. The second-order valence-electron chi connectivity index (χ2n) is 8.82. The molecule has 168 valence electrons. The molecule has 2 aromatic carbocycles. The summed E-state index contributed by atoms with van der Waals surface area (Å²) in [5.74, 6) is 0.666. The molecule has 0 amide bonds. The van der Waals surface area contributed by atoms with Gasteiger partial charge in [-0.2, -0.15) is 10.2 Å². The van der Waals surface area contributed by atoms with Gasteiger partial charge in [-0.3, -0.25) is 9.36 Å². The number of aliphatic hydroxyl groups excluding tert-OH is 1. The fourth-order valence-corrected chi connectivity index (χ4v) is 5.04. The molecule has 0 bridgehead atoms. The van der Waals surface area contributed by atoms with Crippen LogP contribution in [0.15, 0.2) is 30.5 Å². The number of nitrogens with one attached hydrogen (secondary N) is 2. The molecule has 3 N–H and O–H groups in total. The van der Waals surface area contributed by atoms with Gasteiger partial charge in [-0.25, -0.2) is 0 Å². The summed E-state index contributed by atoms with van der Waals surface area (Å²) in [6.07, 6.45) is 1.95. The fourth-order valence-electron chi connectivity index (χ4n) is 4.74. The molecule has 0 radical (unpaired) electrons. The standard InChI is InChI=1S/C23H28ClN7O/c1-13-9-31(10-14(2)25-13)17-7-18(24)22-21(8-17)30(4)28-23(22)26-19-5-15-11-29(3)27-20(15)6-16(19)12-32/h5-8,11,13-14,25,32H,9-10,12H2,1-4H3,(H,26,28)/t13-,14-/m0/s1. The number of aliphatic hydroxyl groups is 1. The van der Waals surface area contributed by atoms with E-state index >= 15 is 0 Å². The molecule has 3 heterocycles. The Labute approximate surface area is 191 Å². The van der Waals surface area contributed by atoms with Crippen LogP contribution in [0.2, 0.25) is 5.02 Å². The number of hydrogen-bond acceptors (Lipinski definition) is 6. The fraction of sp³-hybridized carbons (Fsp3) is 0.391. The third-order valence-electron chi connectivity index (χ3n) is 6.08. The van der Waals surface area contributed by atoms with E-state index in [1.807, 2.05) is 43.2 Å². The normalized spacial score (nSPS) is 19.2. The topological polar surface area (TPSA) is 83.2 Å². The van der Waals surface area contributed by atoms with Gasteiger partial charge in [0.1, 0.15) is 0 Å². The van der Waals surface area contributed by atoms with Crippen molar-refractivity contribution in [3.05, 3.63) is 41.0 Å². The van der Waals surface area contributed by atoms with Crippen molar-refractivity contribution in [2.75, 3.05) is 23.3 Å². The summed E-state index contributed by atoms with van der Waals surface area (Å²) in [5.41, 5.74) is 4.45. The summed E-state index contributed by atoms with van der Waals surface area (Å²) in [6.45, 7) is 6.16. The minimum Gasteiger partial charge on any atom is -0.392 e. The number of aromatic nitrogens is 4. The summed E-state index contributed by atoms with van der Waals surface area (Å²) in [6, 6.07) is 8.89. The zero-order valence-corrected chi connectivity index (χ0v) is 19.5. The van der Waals surface area contributed by atoms with Crippen LogP contribution in [-0.2, 0) is 20.7 Å². The van der Waals surface area contributed by atoms with Crippen LogP contribution in [0.1, 0.15) is 19.4 Å². The van der Waals surface area contributed by atoms with Crippen LogP contribution in [0.4, 0.5) is 17.2 Å². The summed E-state index contributed by atoms with van der Waals surface area (Å²) in [4.78, 5) is 2.37. The lowest BCUT2D eigenvalue weighted by Crippen LogP contribution is -2.54. The first-order valence-electron chi connectivity index (χ1n) is 10.8. The van der Waals surface area contributed by atoms with Gasteiger partial charge in [-0.1, -0.05) is 11.6 Å². The molecule has 5 rings (SSSR count). The molecule has 8 nitrogen and oxygen atoms in total. The summed E-state index contributed by atoms with van der Waals surface area (Å²) < 4.78 is 3.62. The van der Waals surface area contributed by atoms with Crippen LogP contribution in [0.25, 0.3) is 21.8 Å². The molecule has 1 fully saturated rings. The zero-order valence-electron chi connectivity index (χ0n) is 18.7. The smallest absolute Gasteiger partial charge is 0.161 e. The van der Waals surface area contributed by atoms with Crippen LogP contribution in [0, 0.1) is 0 Å². The number of fused-ring (bicyclic) bond motifs is 2. The van der Waals surface area contributed by atoms with E-state index < -0.39 is 0 Å². The van der Waals surface area contributed by atoms with Crippen LogP contribution in [0.3, 0.4) is 0 Å². The average molecular weight is 454 g/mol. The molecule has 2 atom stereocenters. The molecule has 1 aliphatic heterocycles. The first-order valence-corrected chi connectivity index (χ1v) is 11.2. The van der Waals surface area contributed by atoms with E-state index in [4.69, 9.17) is 16.7 Å². The Morgan fingerprint density at radius 2 is 1.88 bits per heavy atom. The number of aryl methyl sites for hydroxylation is 2. The van der Waals surface area contributed by atoms with E-state index in [-0.39, 0.29) is 6.61 Å². The van der Waals surface area contributed by atoms with Gasteiger partial charge >= 0.3 is 0 Å². The number of anilines is 3. The second kappa shape index (κ2) is 7.95. The summed E-state index contributed by atoms with van der Waals surface area (Å²) >= 11 is 6.81. The predicted octanol–water partition coefficient (Wildman–Crippen LogP) is 3.54. The van der Waals surface area contributed by atoms with Gasteiger partial charge in [0.15, 0.2) is 5.82 Å². The first-order chi connectivity index (χ1) is 15.3. The van der Waals surface area contributed by atoms with Crippen molar-refractivity contribution in [1.82, 2.24) is 24.9 Å². The number of rotatable bonds is 4. The highest BCUT2D eigenvalue weighted by molar-refractivity contribution is 6.37. The average Bonchev–Trinajstić information content (AvgIpc) is 3.25. The van der Waals surface area contributed by atoms with Crippen molar-refractivity contribution in [2.45, 2.75) is 32.5 Å². The Hall–Kier alpha value is -2.81. The minimum atomic E-state index is -0.100. The van der Waals surface area contributed by atoms with Crippen LogP contribution in [-0.4, -0.2) is 49.8 Å². The van der Waals surface area contributed by atoms with E-state index in [0.29, 0.717) is 22.9 Å². The highest BCUT2D eigenvalue weighted by Gasteiger charge is 2.23. The predicted molar refractivity (Wildman–Crippen MR) is 130 cm³/mol. The maximum atomic E-state index is 9.92. The monoisotopic (exact) mass is 453 g/mol. The highest BCUT2D eigenvalue weighted by Crippen LogP contribution is 2.37. The van der Waals surface area contributed by atoms with Crippen molar-refractivity contribution < 1.29 is 5.11 Å². The van der Waals surface area contributed by atoms with Crippen LogP contribution in [0.5, 0.6) is 0 Å². The van der Waals surface area contributed by atoms with Gasteiger partial charge in [0, 0.05) is 67.8 Å². The molecule has 0 saturated carbocycles. The third kappa shape index (κ3) is 3.68. The number of benzene rings is 2. The number of nitrogens with zero attached hydrogens (tertiary/aromatic N) is 5. The molecule has 4 aromatic rings. The minimum absolute atomic E-state index is 0.100. The first kappa shape index (κ1) is 21.1. The Bertz CT molecular complexity index is 1300. The zero-order chi connectivity index (χ0) is 22.6. The van der Waals surface area contributed by atoms with Gasteiger partial charge < -0.3 is 20.6 Å². The second-order valence-corrected chi connectivity index (χ2v) is 9.23. The van der Waals surface area contributed by atoms with Crippen molar-refractivity contribution >= 4 is 50.6 Å². The number of halogens is 1. The van der Waals surface area contributed by atoms with Crippen molar-refractivity contribution in [3.8, 4) is 0 Å². The molecule has 0 spiro atoms. The molecule has 0 aliphatic carbocycles. The molecule has 1 saturated heterocycles. The number of hydrogen-bond donors (Lipinski definition) is 3. The van der Waals surface area contributed by atoms with Crippen LogP contribution < -0.4 is 15.5 Å². The molecule has 32 heavy (non-hydrogen) atoms. The van der Waals surface area contributed by atoms with Gasteiger partial charge in [0.25, 0.3) is 0 Å². The third-order valence-corrected chi connectivity index (χ3v) is 6.38. The van der Waals surface area contributed by atoms with Gasteiger partial charge in [0.2, 0.25) is 0 Å². The van der Waals surface area contributed by atoms with E-state index in [0.717, 1.165) is 51.8 Å².